The van der Waals surface area contributed by atoms with Crippen LogP contribution in [-0.4, -0.2) is 19.0 Å². The number of ether oxygens (including phenoxy) is 2. The van der Waals surface area contributed by atoms with E-state index < -0.39 is 0 Å². The first-order valence-electron chi connectivity index (χ1n) is 8.69. The molecule has 0 aromatic heterocycles. The van der Waals surface area contributed by atoms with Gasteiger partial charge in [0.15, 0.2) is 6.79 Å². The molecule has 0 radical (unpaired) electrons. The molecule has 3 nitrogen and oxygen atoms in total. The maximum Gasteiger partial charge on any atom is 0.188 e. The van der Waals surface area contributed by atoms with Gasteiger partial charge in [0.1, 0.15) is 5.75 Å². The number of hydrogen-bond donors (Lipinski definition) is 1. The van der Waals surface area contributed by atoms with Crippen LogP contribution in [0.5, 0.6) is 5.75 Å². The van der Waals surface area contributed by atoms with Gasteiger partial charge < -0.3 is 14.6 Å². The molecule has 0 heterocycles. The Morgan fingerprint density at radius 1 is 1.08 bits per heavy atom. The SMILES string of the molecule is CCC(Pc1ccc(C)cc1CO)c1cc(C)cc(C)c1OCOC. The molecule has 1 N–H and O–H groups in total. The molecule has 0 fully saturated rings. The summed E-state index contributed by atoms with van der Waals surface area (Å²) in [6.07, 6.45) is 1.02. The lowest BCUT2D eigenvalue weighted by atomic mass is 10.0. The highest BCUT2D eigenvalue weighted by Crippen LogP contribution is 2.43. The van der Waals surface area contributed by atoms with Gasteiger partial charge in [-0.15, -0.1) is 0 Å². The Hall–Kier alpha value is -1.41. The molecular formula is C21H29O3P. The highest BCUT2D eigenvalue weighted by Gasteiger charge is 2.19. The van der Waals surface area contributed by atoms with E-state index in [4.69, 9.17) is 9.47 Å². The van der Waals surface area contributed by atoms with Gasteiger partial charge in [-0.2, -0.15) is 0 Å². The van der Waals surface area contributed by atoms with Crippen LogP contribution in [0.4, 0.5) is 0 Å². The summed E-state index contributed by atoms with van der Waals surface area (Å²) in [6.45, 7) is 8.81. The van der Waals surface area contributed by atoms with Crippen molar-refractivity contribution in [3.8, 4) is 5.75 Å². The normalized spacial score (nSPS) is 12.7. The Morgan fingerprint density at radius 3 is 2.48 bits per heavy atom. The van der Waals surface area contributed by atoms with E-state index in [2.05, 4.69) is 58.0 Å². The minimum atomic E-state index is 0.0837. The average Bonchev–Trinajstić information content (AvgIpc) is 2.59. The highest BCUT2D eigenvalue weighted by molar-refractivity contribution is 7.47. The molecule has 2 rings (SSSR count). The minimum absolute atomic E-state index is 0.0837. The first-order valence-corrected chi connectivity index (χ1v) is 9.77. The lowest BCUT2D eigenvalue weighted by Crippen LogP contribution is -2.10. The van der Waals surface area contributed by atoms with Crippen LogP contribution in [-0.2, 0) is 11.3 Å². The first kappa shape index (κ1) is 19.9. The summed E-state index contributed by atoms with van der Waals surface area (Å²) in [7, 11) is 2.23. The summed E-state index contributed by atoms with van der Waals surface area (Å²) in [4.78, 5) is 0. The molecule has 2 unspecified atom stereocenters. The summed E-state index contributed by atoms with van der Waals surface area (Å²) in [5.74, 6) is 0.935. The molecule has 0 saturated carbocycles. The molecule has 0 aliphatic heterocycles. The van der Waals surface area contributed by atoms with Crippen LogP contribution in [0.2, 0.25) is 0 Å². The molecular weight excluding hydrogens is 331 g/mol. The van der Waals surface area contributed by atoms with Crippen molar-refractivity contribution in [2.45, 2.75) is 46.4 Å². The fraction of sp³-hybridized carbons (Fsp3) is 0.429. The molecule has 2 aromatic carbocycles. The van der Waals surface area contributed by atoms with E-state index in [0.29, 0.717) is 14.2 Å². The van der Waals surface area contributed by atoms with E-state index >= 15 is 0 Å². The molecule has 0 amide bonds. The van der Waals surface area contributed by atoms with Crippen molar-refractivity contribution in [1.29, 1.82) is 0 Å². The van der Waals surface area contributed by atoms with Crippen molar-refractivity contribution in [2.24, 2.45) is 0 Å². The maximum absolute atomic E-state index is 9.72. The van der Waals surface area contributed by atoms with Gasteiger partial charge >= 0.3 is 0 Å². The fourth-order valence-corrected chi connectivity index (χ4v) is 4.61. The predicted molar refractivity (Wildman–Crippen MR) is 107 cm³/mol. The van der Waals surface area contributed by atoms with Crippen molar-refractivity contribution in [3.63, 3.8) is 0 Å². The zero-order chi connectivity index (χ0) is 18.4. The lowest BCUT2D eigenvalue weighted by Gasteiger charge is -2.23. The Bertz CT molecular complexity index is 713. The van der Waals surface area contributed by atoms with E-state index in [1.165, 1.54) is 22.0 Å². The largest absolute Gasteiger partial charge is 0.467 e. The van der Waals surface area contributed by atoms with Gasteiger partial charge in [0, 0.05) is 18.3 Å². The third kappa shape index (κ3) is 5.04. The number of methoxy groups -OCH3 is 1. The third-order valence-electron chi connectivity index (χ3n) is 4.31. The molecule has 2 aromatic rings. The summed E-state index contributed by atoms with van der Waals surface area (Å²) in [6, 6.07) is 10.7. The van der Waals surface area contributed by atoms with Crippen LogP contribution >= 0.6 is 8.58 Å². The average molecular weight is 360 g/mol. The predicted octanol–water partition coefficient (Wildman–Crippen LogP) is 4.54. The van der Waals surface area contributed by atoms with E-state index in [9.17, 15) is 5.11 Å². The first-order chi connectivity index (χ1) is 12.0. The summed E-state index contributed by atoms with van der Waals surface area (Å²) < 4.78 is 11.0. The molecule has 0 aliphatic rings. The van der Waals surface area contributed by atoms with Crippen LogP contribution in [0, 0.1) is 20.8 Å². The van der Waals surface area contributed by atoms with Gasteiger partial charge in [0.05, 0.1) is 6.61 Å². The summed E-state index contributed by atoms with van der Waals surface area (Å²) >= 11 is 0. The number of aliphatic hydroxyl groups is 1. The molecule has 136 valence electrons. The minimum Gasteiger partial charge on any atom is -0.467 e. The van der Waals surface area contributed by atoms with Gasteiger partial charge in [-0.05, 0) is 43.6 Å². The van der Waals surface area contributed by atoms with Gasteiger partial charge in [0.2, 0.25) is 0 Å². The van der Waals surface area contributed by atoms with E-state index in [1.807, 2.05) is 0 Å². The number of benzene rings is 2. The Kier molecular flexibility index (Phi) is 7.43. The molecule has 25 heavy (non-hydrogen) atoms. The maximum atomic E-state index is 9.72. The fourth-order valence-electron chi connectivity index (χ4n) is 3.14. The second kappa shape index (κ2) is 9.33. The van der Waals surface area contributed by atoms with Crippen LogP contribution < -0.4 is 10.0 Å². The molecule has 0 saturated heterocycles. The Morgan fingerprint density at radius 2 is 1.84 bits per heavy atom. The zero-order valence-corrected chi connectivity index (χ0v) is 16.8. The van der Waals surface area contributed by atoms with Crippen LogP contribution in [0.25, 0.3) is 0 Å². The second-order valence-corrected chi connectivity index (χ2v) is 8.00. The molecule has 0 bridgehead atoms. The molecule has 0 aliphatic carbocycles. The van der Waals surface area contributed by atoms with Crippen LogP contribution in [0.1, 0.15) is 46.8 Å². The number of aryl methyl sites for hydroxylation is 3. The lowest BCUT2D eigenvalue weighted by molar-refractivity contribution is 0.0499. The van der Waals surface area contributed by atoms with E-state index in [-0.39, 0.29) is 13.4 Å². The monoisotopic (exact) mass is 360 g/mol. The van der Waals surface area contributed by atoms with Crippen molar-refractivity contribution in [3.05, 3.63) is 58.1 Å². The molecule has 2 atom stereocenters. The zero-order valence-electron chi connectivity index (χ0n) is 15.8. The van der Waals surface area contributed by atoms with Gasteiger partial charge in [0.25, 0.3) is 0 Å². The van der Waals surface area contributed by atoms with Crippen molar-refractivity contribution in [2.75, 3.05) is 13.9 Å². The topological polar surface area (TPSA) is 38.7 Å². The Labute approximate surface area is 153 Å². The quantitative estimate of drug-likeness (QED) is 0.555. The van der Waals surface area contributed by atoms with Crippen LogP contribution in [0.3, 0.4) is 0 Å². The highest BCUT2D eigenvalue weighted by atomic mass is 31.1. The van der Waals surface area contributed by atoms with Crippen molar-refractivity contribution >= 4 is 13.9 Å². The van der Waals surface area contributed by atoms with Gasteiger partial charge in [-0.3, -0.25) is 0 Å². The summed E-state index contributed by atoms with van der Waals surface area (Å²) in [5.41, 5.74) is 6.19. The molecule has 4 heteroatoms. The van der Waals surface area contributed by atoms with E-state index in [0.717, 1.165) is 23.3 Å². The summed E-state index contributed by atoms with van der Waals surface area (Å²) in [5, 5.41) is 11.0. The van der Waals surface area contributed by atoms with E-state index in [1.54, 1.807) is 7.11 Å². The number of hydrogen-bond acceptors (Lipinski definition) is 3. The van der Waals surface area contributed by atoms with Crippen molar-refractivity contribution in [1.82, 2.24) is 0 Å². The number of aliphatic hydroxyl groups excluding tert-OH is 1. The van der Waals surface area contributed by atoms with Gasteiger partial charge in [-0.25, -0.2) is 0 Å². The number of rotatable bonds is 8. The van der Waals surface area contributed by atoms with Gasteiger partial charge in [-0.1, -0.05) is 57.0 Å². The standard InChI is InChI=1S/C21H29O3P/c1-6-19(25-20-8-7-14(2)10-17(20)12-22)18-11-15(3)9-16(4)21(18)24-13-23-5/h7-11,19,22,25H,6,12-13H2,1-5H3. The van der Waals surface area contributed by atoms with Crippen molar-refractivity contribution < 1.29 is 14.6 Å². The second-order valence-electron chi connectivity index (χ2n) is 6.47. The third-order valence-corrected chi connectivity index (χ3v) is 6.18. The van der Waals surface area contributed by atoms with Crippen LogP contribution in [0.15, 0.2) is 30.3 Å². The Balaban J connectivity index is 2.40. The smallest absolute Gasteiger partial charge is 0.188 e. The molecule has 0 spiro atoms.